The molecule has 0 radical (unpaired) electrons. The first kappa shape index (κ1) is 19.8. The molecule has 0 saturated carbocycles. The van der Waals surface area contributed by atoms with Crippen molar-refractivity contribution in [3.05, 3.63) is 53.6 Å². The van der Waals surface area contributed by atoms with Gasteiger partial charge in [-0.2, -0.15) is 4.31 Å². The van der Waals surface area contributed by atoms with E-state index in [0.29, 0.717) is 18.9 Å². The van der Waals surface area contributed by atoms with Gasteiger partial charge in [-0.3, -0.25) is 4.72 Å². The number of benzene rings is 2. The number of morpholine rings is 1. The van der Waals surface area contributed by atoms with Crippen molar-refractivity contribution >= 4 is 25.7 Å². The van der Waals surface area contributed by atoms with Crippen molar-refractivity contribution < 1.29 is 21.6 Å². The van der Waals surface area contributed by atoms with Gasteiger partial charge in [-0.25, -0.2) is 16.8 Å². The number of rotatable bonds is 5. The summed E-state index contributed by atoms with van der Waals surface area (Å²) in [5.74, 6) is 0. The first-order chi connectivity index (χ1) is 12.7. The summed E-state index contributed by atoms with van der Waals surface area (Å²) >= 11 is 0. The molecule has 146 valence electrons. The average Bonchev–Trinajstić information content (AvgIpc) is 2.65. The van der Waals surface area contributed by atoms with Gasteiger partial charge in [0.05, 0.1) is 23.0 Å². The molecule has 7 nitrogen and oxygen atoms in total. The second kappa shape index (κ2) is 7.59. The zero-order chi connectivity index (χ0) is 19.7. The highest BCUT2D eigenvalue weighted by molar-refractivity contribution is 7.92. The number of nitrogens with zero attached hydrogens (tertiary/aromatic N) is 1. The molecule has 0 atom stereocenters. The highest BCUT2D eigenvalue weighted by atomic mass is 32.2. The van der Waals surface area contributed by atoms with E-state index in [1.54, 1.807) is 12.1 Å². The number of anilines is 1. The summed E-state index contributed by atoms with van der Waals surface area (Å²) < 4.78 is 59.4. The Bertz CT molecular complexity index is 1030. The van der Waals surface area contributed by atoms with Crippen molar-refractivity contribution in [3.8, 4) is 0 Å². The van der Waals surface area contributed by atoms with Crippen LogP contribution in [0.2, 0.25) is 0 Å². The lowest BCUT2D eigenvalue weighted by atomic mass is 10.1. The largest absolute Gasteiger partial charge is 0.379 e. The molecule has 0 spiro atoms. The maximum Gasteiger partial charge on any atom is 0.261 e. The van der Waals surface area contributed by atoms with Crippen molar-refractivity contribution in [3.63, 3.8) is 0 Å². The third kappa shape index (κ3) is 4.32. The third-order valence-corrected chi connectivity index (χ3v) is 7.81. The van der Waals surface area contributed by atoms with Crippen LogP contribution in [0.4, 0.5) is 5.69 Å². The van der Waals surface area contributed by atoms with Gasteiger partial charge in [0.25, 0.3) is 10.0 Å². The second-order valence-corrected chi connectivity index (χ2v) is 10.0. The van der Waals surface area contributed by atoms with Gasteiger partial charge in [0.15, 0.2) is 0 Å². The van der Waals surface area contributed by atoms with Gasteiger partial charge >= 0.3 is 0 Å². The Labute approximate surface area is 160 Å². The van der Waals surface area contributed by atoms with E-state index in [1.165, 1.54) is 28.6 Å². The molecule has 1 saturated heterocycles. The molecular weight excluding hydrogens is 388 g/mol. The molecule has 0 bridgehead atoms. The van der Waals surface area contributed by atoms with Crippen LogP contribution in [-0.4, -0.2) is 47.4 Å². The van der Waals surface area contributed by atoms with Gasteiger partial charge in [0.1, 0.15) is 0 Å². The fourth-order valence-electron chi connectivity index (χ4n) is 2.75. The van der Waals surface area contributed by atoms with E-state index in [1.807, 2.05) is 19.9 Å². The number of sulfonamides is 2. The molecular formula is C18H22N2O5S2. The van der Waals surface area contributed by atoms with Gasteiger partial charge in [0.2, 0.25) is 10.0 Å². The number of aryl methyl sites for hydroxylation is 2. The van der Waals surface area contributed by atoms with E-state index in [2.05, 4.69) is 4.72 Å². The summed E-state index contributed by atoms with van der Waals surface area (Å²) in [5, 5.41) is 0. The fourth-order valence-corrected chi connectivity index (χ4v) is 5.20. The van der Waals surface area contributed by atoms with Gasteiger partial charge in [-0.1, -0.05) is 6.07 Å². The first-order valence-electron chi connectivity index (χ1n) is 8.48. The quantitative estimate of drug-likeness (QED) is 0.815. The molecule has 1 aliphatic rings. The second-order valence-electron chi connectivity index (χ2n) is 6.39. The monoisotopic (exact) mass is 410 g/mol. The van der Waals surface area contributed by atoms with Crippen LogP contribution in [0, 0.1) is 13.8 Å². The maximum absolute atomic E-state index is 12.6. The van der Waals surface area contributed by atoms with E-state index in [-0.39, 0.29) is 22.9 Å². The highest BCUT2D eigenvalue weighted by Crippen LogP contribution is 2.22. The van der Waals surface area contributed by atoms with E-state index < -0.39 is 20.0 Å². The molecule has 0 amide bonds. The summed E-state index contributed by atoms with van der Waals surface area (Å²) in [6.45, 7) is 5.13. The minimum Gasteiger partial charge on any atom is -0.379 e. The Kier molecular flexibility index (Phi) is 5.57. The molecule has 3 rings (SSSR count). The number of hydrogen-bond acceptors (Lipinski definition) is 5. The SMILES string of the molecule is Cc1ccc(NS(=O)(=O)c2ccc(S(=O)(=O)N3CCOCC3)cc2)cc1C. The minimum atomic E-state index is -3.81. The summed E-state index contributed by atoms with van der Waals surface area (Å²) in [7, 11) is -7.46. The van der Waals surface area contributed by atoms with Crippen molar-refractivity contribution in [2.45, 2.75) is 23.6 Å². The Morgan fingerprint density at radius 2 is 1.44 bits per heavy atom. The fraction of sp³-hybridized carbons (Fsp3) is 0.333. The summed E-state index contributed by atoms with van der Waals surface area (Å²) in [6.07, 6.45) is 0. The summed E-state index contributed by atoms with van der Waals surface area (Å²) in [4.78, 5) is 0.0659. The Morgan fingerprint density at radius 3 is 2.04 bits per heavy atom. The van der Waals surface area contributed by atoms with Crippen molar-refractivity contribution in [2.75, 3.05) is 31.0 Å². The number of nitrogens with one attached hydrogen (secondary N) is 1. The standard InChI is InChI=1S/C18H22N2O5S2/c1-14-3-4-16(13-15(14)2)19-26(21,22)17-5-7-18(8-6-17)27(23,24)20-9-11-25-12-10-20/h3-8,13,19H,9-12H2,1-2H3. The van der Waals surface area contributed by atoms with Crippen molar-refractivity contribution in [1.82, 2.24) is 4.31 Å². The molecule has 1 aliphatic heterocycles. The van der Waals surface area contributed by atoms with Crippen LogP contribution in [0.25, 0.3) is 0 Å². The molecule has 0 unspecified atom stereocenters. The van der Waals surface area contributed by atoms with Gasteiger partial charge in [-0.15, -0.1) is 0 Å². The van der Waals surface area contributed by atoms with Crippen LogP contribution in [0.1, 0.15) is 11.1 Å². The zero-order valence-corrected chi connectivity index (χ0v) is 16.8. The topological polar surface area (TPSA) is 92.8 Å². The van der Waals surface area contributed by atoms with E-state index in [4.69, 9.17) is 4.74 Å². The number of ether oxygens (including phenoxy) is 1. The molecule has 2 aromatic carbocycles. The Hall–Kier alpha value is -1.94. The number of hydrogen-bond donors (Lipinski definition) is 1. The lowest BCUT2D eigenvalue weighted by Crippen LogP contribution is -2.40. The van der Waals surface area contributed by atoms with Gasteiger partial charge < -0.3 is 4.74 Å². The molecule has 2 aromatic rings. The van der Waals surface area contributed by atoms with Crippen LogP contribution in [0.3, 0.4) is 0 Å². The van der Waals surface area contributed by atoms with E-state index >= 15 is 0 Å². The average molecular weight is 411 g/mol. The highest BCUT2D eigenvalue weighted by Gasteiger charge is 2.26. The van der Waals surface area contributed by atoms with Gasteiger partial charge in [0, 0.05) is 18.8 Å². The summed E-state index contributed by atoms with van der Waals surface area (Å²) in [5.41, 5.74) is 2.50. The zero-order valence-electron chi connectivity index (χ0n) is 15.2. The smallest absolute Gasteiger partial charge is 0.261 e. The predicted molar refractivity (Wildman–Crippen MR) is 103 cm³/mol. The van der Waals surface area contributed by atoms with E-state index in [9.17, 15) is 16.8 Å². The molecule has 1 N–H and O–H groups in total. The van der Waals surface area contributed by atoms with Crippen LogP contribution in [0.5, 0.6) is 0 Å². The maximum atomic E-state index is 12.6. The van der Waals surface area contributed by atoms with Crippen molar-refractivity contribution in [1.29, 1.82) is 0 Å². The lowest BCUT2D eigenvalue weighted by Gasteiger charge is -2.26. The van der Waals surface area contributed by atoms with Crippen molar-refractivity contribution in [2.24, 2.45) is 0 Å². The van der Waals surface area contributed by atoms with Crippen LogP contribution < -0.4 is 4.72 Å². The van der Waals surface area contributed by atoms with Crippen LogP contribution >= 0.6 is 0 Å². The van der Waals surface area contributed by atoms with Crippen LogP contribution in [0.15, 0.2) is 52.3 Å². The molecule has 9 heteroatoms. The molecule has 0 aliphatic carbocycles. The predicted octanol–water partition coefficient (Wildman–Crippen LogP) is 2.13. The molecule has 27 heavy (non-hydrogen) atoms. The Morgan fingerprint density at radius 1 is 0.852 bits per heavy atom. The first-order valence-corrected chi connectivity index (χ1v) is 11.4. The van der Waals surface area contributed by atoms with Gasteiger partial charge in [-0.05, 0) is 61.4 Å². The lowest BCUT2D eigenvalue weighted by molar-refractivity contribution is 0.0730. The molecule has 1 heterocycles. The van der Waals surface area contributed by atoms with Crippen LogP contribution in [-0.2, 0) is 24.8 Å². The van der Waals surface area contributed by atoms with E-state index in [0.717, 1.165) is 11.1 Å². The molecule has 0 aromatic heterocycles. The summed E-state index contributed by atoms with van der Waals surface area (Å²) in [6, 6.07) is 10.5. The minimum absolute atomic E-state index is 0.00153. The Balaban J connectivity index is 1.82. The normalized spacial score (nSPS) is 16.2. The molecule has 1 fully saturated rings. The third-order valence-electron chi connectivity index (χ3n) is 4.50.